The number of rotatable bonds is 3. The highest BCUT2D eigenvalue weighted by atomic mass is 16.5. The van der Waals surface area contributed by atoms with Crippen molar-refractivity contribution in [3.05, 3.63) is 0 Å². The average Bonchev–Trinajstić information content (AvgIpc) is 2.22. The molecule has 2 aliphatic rings. The maximum atomic E-state index is 6.28. The van der Waals surface area contributed by atoms with Crippen LogP contribution >= 0.6 is 0 Å². The van der Waals surface area contributed by atoms with E-state index in [1.165, 1.54) is 38.5 Å². The summed E-state index contributed by atoms with van der Waals surface area (Å²) in [5.41, 5.74) is 6.32. The SMILES string of the molecule is CC(C)(C)C1CCC(CN)C(OC2CCC2)C1. The molecule has 0 radical (unpaired) electrons. The predicted molar refractivity (Wildman–Crippen MR) is 71.9 cm³/mol. The molecule has 0 aromatic rings. The van der Waals surface area contributed by atoms with E-state index in [0.717, 1.165) is 12.5 Å². The first-order chi connectivity index (χ1) is 8.00. The van der Waals surface area contributed by atoms with Crippen molar-refractivity contribution in [3.8, 4) is 0 Å². The summed E-state index contributed by atoms with van der Waals surface area (Å²) >= 11 is 0. The zero-order chi connectivity index (χ0) is 12.5. The van der Waals surface area contributed by atoms with Crippen molar-refractivity contribution in [1.82, 2.24) is 0 Å². The van der Waals surface area contributed by atoms with Crippen molar-refractivity contribution in [3.63, 3.8) is 0 Å². The minimum Gasteiger partial charge on any atom is -0.375 e. The Bertz CT molecular complexity index is 242. The van der Waals surface area contributed by atoms with Gasteiger partial charge in [-0.05, 0) is 62.3 Å². The smallest absolute Gasteiger partial charge is 0.0621 e. The number of hydrogen-bond acceptors (Lipinski definition) is 2. The molecule has 2 N–H and O–H groups in total. The molecule has 0 saturated heterocycles. The summed E-state index contributed by atoms with van der Waals surface area (Å²) in [6.07, 6.45) is 8.69. The van der Waals surface area contributed by atoms with E-state index < -0.39 is 0 Å². The third kappa shape index (κ3) is 3.23. The summed E-state index contributed by atoms with van der Waals surface area (Å²) in [6, 6.07) is 0. The van der Waals surface area contributed by atoms with Crippen LogP contribution in [0, 0.1) is 17.3 Å². The zero-order valence-electron chi connectivity index (χ0n) is 11.7. The molecule has 2 nitrogen and oxygen atoms in total. The van der Waals surface area contributed by atoms with Crippen molar-refractivity contribution in [2.45, 2.75) is 71.5 Å². The summed E-state index contributed by atoms with van der Waals surface area (Å²) in [7, 11) is 0. The second-order valence-corrected chi connectivity index (χ2v) is 7.10. The Morgan fingerprint density at radius 3 is 2.29 bits per heavy atom. The molecule has 100 valence electrons. The molecule has 0 bridgehead atoms. The Kier molecular flexibility index (Phi) is 4.14. The van der Waals surface area contributed by atoms with Gasteiger partial charge in [-0.3, -0.25) is 0 Å². The molecule has 0 aromatic heterocycles. The monoisotopic (exact) mass is 239 g/mol. The van der Waals surface area contributed by atoms with Crippen LogP contribution in [0.3, 0.4) is 0 Å². The minimum atomic E-state index is 0.417. The standard InChI is InChI=1S/C15H29NO/c1-15(2,3)12-8-7-11(10-16)14(9-12)17-13-5-4-6-13/h11-14H,4-10,16H2,1-3H3. The minimum absolute atomic E-state index is 0.417. The third-order valence-corrected chi connectivity index (χ3v) is 4.88. The van der Waals surface area contributed by atoms with Crippen LogP contribution < -0.4 is 5.73 Å². The molecule has 2 aliphatic carbocycles. The fraction of sp³-hybridized carbons (Fsp3) is 1.00. The van der Waals surface area contributed by atoms with Gasteiger partial charge in [-0.15, -0.1) is 0 Å². The first-order valence-electron chi connectivity index (χ1n) is 7.36. The van der Waals surface area contributed by atoms with Crippen molar-refractivity contribution in [2.75, 3.05) is 6.54 Å². The number of ether oxygens (including phenoxy) is 1. The Balaban J connectivity index is 1.93. The fourth-order valence-corrected chi connectivity index (χ4v) is 3.17. The second kappa shape index (κ2) is 5.27. The molecule has 0 heterocycles. The lowest BCUT2D eigenvalue weighted by molar-refractivity contribution is -0.105. The van der Waals surface area contributed by atoms with Gasteiger partial charge in [-0.25, -0.2) is 0 Å². The quantitative estimate of drug-likeness (QED) is 0.819. The molecule has 3 atom stereocenters. The molecule has 0 amide bonds. The molecule has 2 fully saturated rings. The van der Waals surface area contributed by atoms with Crippen LogP contribution in [-0.4, -0.2) is 18.8 Å². The van der Waals surface area contributed by atoms with Gasteiger partial charge in [0.2, 0.25) is 0 Å². The van der Waals surface area contributed by atoms with Crippen LogP contribution in [0.4, 0.5) is 0 Å². The van der Waals surface area contributed by atoms with E-state index in [1.54, 1.807) is 0 Å². The van der Waals surface area contributed by atoms with Crippen LogP contribution in [0.5, 0.6) is 0 Å². The van der Waals surface area contributed by atoms with Crippen LogP contribution in [0.1, 0.15) is 59.3 Å². The summed E-state index contributed by atoms with van der Waals surface area (Å²) in [5, 5.41) is 0. The Hall–Kier alpha value is -0.0800. The lowest BCUT2D eigenvalue weighted by Crippen LogP contribution is -2.42. The van der Waals surface area contributed by atoms with E-state index >= 15 is 0 Å². The van der Waals surface area contributed by atoms with Gasteiger partial charge < -0.3 is 10.5 Å². The number of hydrogen-bond donors (Lipinski definition) is 1. The van der Waals surface area contributed by atoms with Crippen LogP contribution in [-0.2, 0) is 4.74 Å². The van der Waals surface area contributed by atoms with Crippen LogP contribution in [0.2, 0.25) is 0 Å². The summed E-state index contributed by atoms with van der Waals surface area (Å²) < 4.78 is 6.28. The third-order valence-electron chi connectivity index (χ3n) is 4.88. The van der Waals surface area contributed by atoms with E-state index in [2.05, 4.69) is 20.8 Å². The van der Waals surface area contributed by atoms with Gasteiger partial charge in [0.15, 0.2) is 0 Å². The van der Waals surface area contributed by atoms with Gasteiger partial charge in [0.1, 0.15) is 0 Å². The molecule has 2 saturated carbocycles. The summed E-state index contributed by atoms with van der Waals surface area (Å²) in [5.74, 6) is 1.41. The molecular formula is C15H29NO. The Morgan fingerprint density at radius 2 is 1.82 bits per heavy atom. The predicted octanol–water partition coefficient (Wildman–Crippen LogP) is 3.35. The molecule has 0 aromatic carbocycles. The first-order valence-corrected chi connectivity index (χ1v) is 7.36. The lowest BCUT2D eigenvalue weighted by Gasteiger charge is -2.43. The average molecular weight is 239 g/mol. The number of nitrogens with two attached hydrogens (primary N) is 1. The van der Waals surface area contributed by atoms with Crippen molar-refractivity contribution >= 4 is 0 Å². The van der Waals surface area contributed by atoms with Gasteiger partial charge in [0, 0.05) is 0 Å². The molecule has 2 heteroatoms. The fourth-order valence-electron chi connectivity index (χ4n) is 3.17. The molecule has 2 rings (SSSR count). The van der Waals surface area contributed by atoms with E-state index in [1.807, 2.05) is 0 Å². The highest BCUT2D eigenvalue weighted by Crippen LogP contribution is 2.42. The summed E-state index contributed by atoms with van der Waals surface area (Å²) in [4.78, 5) is 0. The maximum absolute atomic E-state index is 6.28. The van der Waals surface area contributed by atoms with Crippen molar-refractivity contribution in [2.24, 2.45) is 23.0 Å². The Labute approximate surface area is 106 Å². The van der Waals surface area contributed by atoms with Crippen molar-refractivity contribution < 1.29 is 4.74 Å². The van der Waals surface area contributed by atoms with E-state index in [9.17, 15) is 0 Å². The van der Waals surface area contributed by atoms with E-state index in [0.29, 0.717) is 23.5 Å². The lowest BCUT2D eigenvalue weighted by atomic mass is 9.68. The normalized spacial score (nSPS) is 35.6. The molecule has 0 aliphatic heterocycles. The van der Waals surface area contributed by atoms with Gasteiger partial charge in [0.25, 0.3) is 0 Å². The Morgan fingerprint density at radius 1 is 1.12 bits per heavy atom. The van der Waals surface area contributed by atoms with Gasteiger partial charge in [0.05, 0.1) is 12.2 Å². The molecule has 0 spiro atoms. The second-order valence-electron chi connectivity index (χ2n) is 7.10. The van der Waals surface area contributed by atoms with Gasteiger partial charge >= 0.3 is 0 Å². The largest absolute Gasteiger partial charge is 0.375 e. The zero-order valence-corrected chi connectivity index (χ0v) is 11.7. The van der Waals surface area contributed by atoms with Gasteiger partial charge in [-0.1, -0.05) is 20.8 Å². The highest BCUT2D eigenvalue weighted by Gasteiger charge is 2.37. The summed E-state index contributed by atoms with van der Waals surface area (Å²) in [6.45, 7) is 7.89. The van der Waals surface area contributed by atoms with Crippen LogP contribution in [0.25, 0.3) is 0 Å². The maximum Gasteiger partial charge on any atom is 0.0621 e. The topological polar surface area (TPSA) is 35.2 Å². The molecular weight excluding hydrogens is 210 g/mol. The molecule has 17 heavy (non-hydrogen) atoms. The highest BCUT2D eigenvalue weighted by molar-refractivity contribution is 4.88. The molecule has 3 unspecified atom stereocenters. The van der Waals surface area contributed by atoms with Crippen molar-refractivity contribution in [1.29, 1.82) is 0 Å². The van der Waals surface area contributed by atoms with Gasteiger partial charge in [-0.2, -0.15) is 0 Å². The first kappa shape index (κ1) is 13.4. The van der Waals surface area contributed by atoms with Crippen LogP contribution in [0.15, 0.2) is 0 Å². The van der Waals surface area contributed by atoms with E-state index in [-0.39, 0.29) is 0 Å². The van der Waals surface area contributed by atoms with E-state index in [4.69, 9.17) is 10.5 Å².